The number of ether oxygens (including phenoxy) is 1. The second-order valence-electron chi connectivity index (χ2n) is 6.00. The Morgan fingerprint density at radius 1 is 1.29 bits per heavy atom. The Labute approximate surface area is 141 Å². The third kappa shape index (κ3) is 2.85. The molecule has 0 fully saturated rings. The van der Waals surface area contributed by atoms with E-state index in [0.29, 0.717) is 12.2 Å². The van der Waals surface area contributed by atoms with E-state index in [4.69, 9.17) is 4.74 Å². The summed E-state index contributed by atoms with van der Waals surface area (Å²) in [7, 11) is 3.44. The van der Waals surface area contributed by atoms with Crippen molar-refractivity contribution < 1.29 is 9.53 Å². The molecule has 0 saturated carbocycles. The van der Waals surface area contributed by atoms with Gasteiger partial charge in [-0.2, -0.15) is 0 Å². The molecule has 0 radical (unpaired) electrons. The zero-order valence-corrected chi connectivity index (χ0v) is 14.4. The van der Waals surface area contributed by atoms with Gasteiger partial charge in [0.25, 0.3) is 5.91 Å². The molecule has 1 N–H and O–H groups in total. The number of nitrogens with zero attached hydrogens (tertiary/aromatic N) is 2. The van der Waals surface area contributed by atoms with Crippen molar-refractivity contribution in [2.45, 2.75) is 20.4 Å². The average molecular weight is 323 g/mol. The monoisotopic (exact) mass is 323 g/mol. The number of nitrogens with one attached hydrogen (secondary N) is 1. The van der Waals surface area contributed by atoms with Gasteiger partial charge in [0, 0.05) is 36.9 Å². The lowest BCUT2D eigenvalue weighted by atomic mass is 10.1. The van der Waals surface area contributed by atoms with Crippen LogP contribution in [0.25, 0.3) is 10.9 Å². The minimum absolute atomic E-state index is 0.0362. The average Bonchev–Trinajstić information content (AvgIpc) is 2.92. The van der Waals surface area contributed by atoms with Crippen LogP contribution >= 0.6 is 0 Å². The molecule has 0 aliphatic carbocycles. The molecule has 124 valence electrons. The summed E-state index contributed by atoms with van der Waals surface area (Å²) in [5.41, 5.74) is 4.65. The van der Waals surface area contributed by atoms with Crippen molar-refractivity contribution in [1.82, 2.24) is 14.9 Å². The Bertz CT molecular complexity index is 899. The van der Waals surface area contributed by atoms with Gasteiger partial charge in [0.15, 0.2) is 0 Å². The van der Waals surface area contributed by atoms with Crippen LogP contribution in [0.1, 0.15) is 27.2 Å². The Morgan fingerprint density at radius 3 is 2.79 bits per heavy atom. The molecule has 0 spiro atoms. The van der Waals surface area contributed by atoms with Crippen LogP contribution in [0.4, 0.5) is 0 Å². The Balaban J connectivity index is 1.90. The first kappa shape index (κ1) is 16.1. The minimum Gasteiger partial charge on any atom is -0.497 e. The van der Waals surface area contributed by atoms with Crippen LogP contribution in [0.15, 0.2) is 36.7 Å². The lowest BCUT2D eigenvalue weighted by Crippen LogP contribution is -2.27. The summed E-state index contributed by atoms with van der Waals surface area (Å²) in [5.74, 6) is 0.744. The Kier molecular flexibility index (Phi) is 4.25. The number of methoxy groups -OCH3 is 1. The SMILES string of the molecule is COc1ccc2[nH]c(C(=O)N(C)Cc3cnccc3C)c(C)c2c1. The number of fused-ring (bicyclic) bond motifs is 1. The highest BCUT2D eigenvalue weighted by Crippen LogP contribution is 2.26. The molecule has 0 aliphatic heterocycles. The first-order chi connectivity index (χ1) is 11.5. The van der Waals surface area contributed by atoms with E-state index in [-0.39, 0.29) is 5.91 Å². The standard InChI is InChI=1S/C19H21N3O2/c1-12-7-8-20-10-14(12)11-22(3)19(23)18-13(2)16-9-15(24-4)5-6-17(16)21-18/h5-10,21H,11H2,1-4H3. The van der Waals surface area contributed by atoms with E-state index < -0.39 is 0 Å². The van der Waals surface area contributed by atoms with Crippen molar-refractivity contribution in [2.24, 2.45) is 0 Å². The van der Waals surface area contributed by atoms with E-state index in [0.717, 1.165) is 33.3 Å². The van der Waals surface area contributed by atoms with Crippen molar-refractivity contribution in [3.63, 3.8) is 0 Å². The maximum atomic E-state index is 12.8. The zero-order valence-electron chi connectivity index (χ0n) is 14.4. The Morgan fingerprint density at radius 2 is 2.08 bits per heavy atom. The number of carbonyl (C=O) groups is 1. The number of hydrogen-bond donors (Lipinski definition) is 1. The third-order valence-corrected chi connectivity index (χ3v) is 4.38. The number of carbonyl (C=O) groups excluding carboxylic acids is 1. The fourth-order valence-corrected chi connectivity index (χ4v) is 2.83. The van der Waals surface area contributed by atoms with Crippen LogP contribution in [0.2, 0.25) is 0 Å². The number of amides is 1. The molecule has 2 heterocycles. The number of benzene rings is 1. The van der Waals surface area contributed by atoms with E-state index >= 15 is 0 Å². The van der Waals surface area contributed by atoms with E-state index in [9.17, 15) is 4.79 Å². The molecule has 0 bridgehead atoms. The van der Waals surface area contributed by atoms with Crippen LogP contribution in [0.3, 0.4) is 0 Å². The molecule has 24 heavy (non-hydrogen) atoms. The van der Waals surface area contributed by atoms with Gasteiger partial charge in [0.05, 0.1) is 7.11 Å². The quantitative estimate of drug-likeness (QED) is 0.800. The molecule has 2 aromatic heterocycles. The highest BCUT2D eigenvalue weighted by Gasteiger charge is 2.19. The number of hydrogen-bond acceptors (Lipinski definition) is 3. The molecule has 0 aliphatic rings. The summed E-state index contributed by atoms with van der Waals surface area (Å²) in [4.78, 5) is 21.9. The molecule has 0 saturated heterocycles. The summed E-state index contributed by atoms with van der Waals surface area (Å²) in [6, 6.07) is 7.72. The van der Waals surface area contributed by atoms with Crippen LogP contribution in [0, 0.1) is 13.8 Å². The molecular formula is C19H21N3O2. The zero-order chi connectivity index (χ0) is 17.3. The first-order valence-electron chi connectivity index (χ1n) is 7.82. The van der Waals surface area contributed by atoms with E-state index in [2.05, 4.69) is 9.97 Å². The number of aryl methyl sites for hydroxylation is 2. The predicted molar refractivity (Wildman–Crippen MR) is 94.4 cm³/mol. The van der Waals surface area contributed by atoms with Gasteiger partial charge in [-0.15, -0.1) is 0 Å². The lowest BCUT2D eigenvalue weighted by Gasteiger charge is -2.18. The van der Waals surface area contributed by atoms with Gasteiger partial charge in [-0.05, 0) is 54.8 Å². The summed E-state index contributed by atoms with van der Waals surface area (Å²) in [5, 5.41) is 1.00. The van der Waals surface area contributed by atoms with Crippen LogP contribution in [-0.4, -0.2) is 34.9 Å². The van der Waals surface area contributed by atoms with Crippen LogP contribution in [-0.2, 0) is 6.54 Å². The van der Waals surface area contributed by atoms with Gasteiger partial charge in [0.1, 0.15) is 11.4 Å². The normalized spacial score (nSPS) is 10.8. The van der Waals surface area contributed by atoms with Crippen molar-refractivity contribution in [3.8, 4) is 5.75 Å². The fourth-order valence-electron chi connectivity index (χ4n) is 2.83. The Hall–Kier alpha value is -2.82. The molecule has 0 atom stereocenters. The molecule has 3 rings (SSSR count). The van der Waals surface area contributed by atoms with Crippen molar-refractivity contribution in [1.29, 1.82) is 0 Å². The summed E-state index contributed by atoms with van der Waals surface area (Å²) < 4.78 is 5.27. The van der Waals surface area contributed by atoms with Crippen molar-refractivity contribution in [2.75, 3.05) is 14.2 Å². The van der Waals surface area contributed by atoms with Crippen molar-refractivity contribution >= 4 is 16.8 Å². The van der Waals surface area contributed by atoms with Crippen LogP contribution < -0.4 is 4.74 Å². The van der Waals surface area contributed by atoms with E-state index in [1.165, 1.54) is 0 Å². The number of aromatic nitrogens is 2. The summed E-state index contributed by atoms with van der Waals surface area (Å²) in [6.07, 6.45) is 3.57. The number of rotatable bonds is 4. The highest BCUT2D eigenvalue weighted by atomic mass is 16.5. The lowest BCUT2D eigenvalue weighted by molar-refractivity contribution is 0.0779. The molecule has 5 heteroatoms. The second kappa shape index (κ2) is 6.35. The van der Waals surface area contributed by atoms with Gasteiger partial charge in [-0.1, -0.05) is 0 Å². The maximum absolute atomic E-state index is 12.8. The smallest absolute Gasteiger partial charge is 0.270 e. The van der Waals surface area contributed by atoms with Gasteiger partial charge in [0.2, 0.25) is 0 Å². The number of pyridine rings is 1. The van der Waals surface area contributed by atoms with Gasteiger partial charge in [-0.3, -0.25) is 9.78 Å². The molecule has 1 amide bonds. The minimum atomic E-state index is -0.0362. The number of aromatic amines is 1. The van der Waals surface area contributed by atoms with Crippen molar-refractivity contribution in [3.05, 3.63) is 59.0 Å². The van der Waals surface area contributed by atoms with E-state index in [1.807, 2.05) is 44.3 Å². The van der Waals surface area contributed by atoms with Gasteiger partial charge in [-0.25, -0.2) is 0 Å². The third-order valence-electron chi connectivity index (χ3n) is 4.38. The van der Waals surface area contributed by atoms with Gasteiger partial charge >= 0.3 is 0 Å². The van der Waals surface area contributed by atoms with Gasteiger partial charge < -0.3 is 14.6 Å². The molecular weight excluding hydrogens is 302 g/mol. The highest BCUT2D eigenvalue weighted by molar-refractivity contribution is 6.01. The van der Waals surface area contributed by atoms with E-state index in [1.54, 1.807) is 25.3 Å². The molecule has 3 aromatic rings. The summed E-state index contributed by atoms with van der Waals surface area (Å²) >= 11 is 0. The first-order valence-corrected chi connectivity index (χ1v) is 7.82. The summed E-state index contributed by atoms with van der Waals surface area (Å²) in [6.45, 7) is 4.50. The number of H-pyrrole nitrogens is 1. The molecule has 0 unspecified atom stereocenters. The fraction of sp³-hybridized carbons (Fsp3) is 0.263. The molecule has 1 aromatic carbocycles. The topological polar surface area (TPSA) is 58.2 Å². The predicted octanol–water partition coefficient (Wildman–Crippen LogP) is 3.46. The molecule has 5 nitrogen and oxygen atoms in total. The van der Waals surface area contributed by atoms with Crippen LogP contribution in [0.5, 0.6) is 5.75 Å². The maximum Gasteiger partial charge on any atom is 0.270 e. The second-order valence-corrected chi connectivity index (χ2v) is 6.00. The largest absolute Gasteiger partial charge is 0.497 e.